The molecule has 0 fully saturated rings. The normalized spacial score (nSPS) is 11.5. The maximum Gasteiger partial charge on any atom is 0.240 e. The summed E-state index contributed by atoms with van der Waals surface area (Å²) in [7, 11) is -3.79. The minimum atomic E-state index is -3.79. The second-order valence-corrected chi connectivity index (χ2v) is 5.10. The molecule has 0 amide bonds. The standard InChI is InChI=1S/C10H17N3O3S/c1-2-13(5-6-14)8-3-4-10(9(11)7-8)17(12,15)16/h3-4,7,14H,2,5-6,11H2,1H3,(H2,12,15,16). The highest BCUT2D eigenvalue weighted by Gasteiger charge is 2.13. The zero-order valence-corrected chi connectivity index (χ0v) is 10.4. The molecule has 0 saturated heterocycles. The lowest BCUT2D eigenvalue weighted by molar-refractivity contribution is 0.302. The number of sulfonamides is 1. The van der Waals surface area contributed by atoms with E-state index >= 15 is 0 Å². The van der Waals surface area contributed by atoms with Crippen molar-refractivity contribution in [3.05, 3.63) is 18.2 Å². The second-order valence-electron chi connectivity index (χ2n) is 3.57. The number of aliphatic hydroxyl groups excluding tert-OH is 1. The van der Waals surface area contributed by atoms with Crippen LogP contribution in [0.5, 0.6) is 0 Å². The van der Waals surface area contributed by atoms with Gasteiger partial charge in [0.15, 0.2) is 0 Å². The van der Waals surface area contributed by atoms with Gasteiger partial charge in [0.05, 0.1) is 12.3 Å². The number of anilines is 2. The third kappa shape index (κ3) is 3.32. The molecular weight excluding hydrogens is 242 g/mol. The van der Waals surface area contributed by atoms with Crippen molar-refractivity contribution in [3.63, 3.8) is 0 Å². The van der Waals surface area contributed by atoms with Crippen molar-refractivity contribution < 1.29 is 13.5 Å². The summed E-state index contributed by atoms with van der Waals surface area (Å²) in [6, 6.07) is 4.54. The predicted molar refractivity (Wildman–Crippen MR) is 67.2 cm³/mol. The van der Waals surface area contributed by atoms with Crippen LogP contribution in [0.25, 0.3) is 0 Å². The average Bonchev–Trinajstić information content (AvgIpc) is 2.23. The number of hydrogen-bond donors (Lipinski definition) is 3. The summed E-state index contributed by atoms with van der Waals surface area (Å²) < 4.78 is 22.3. The zero-order valence-electron chi connectivity index (χ0n) is 9.63. The van der Waals surface area contributed by atoms with Crippen LogP contribution in [0.3, 0.4) is 0 Å². The Balaban J connectivity index is 3.12. The molecule has 0 aromatic heterocycles. The van der Waals surface area contributed by atoms with Crippen molar-refractivity contribution in [1.82, 2.24) is 0 Å². The molecular formula is C10H17N3O3S. The van der Waals surface area contributed by atoms with Crippen LogP contribution in [-0.2, 0) is 10.0 Å². The Bertz CT molecular complexity index is 488. The van der Waals surface area contributed by atoms with Crippen molar-refractivity contribution in [3.8, 4) is 0 Å². The number of hydrogen-bond acceptors (Lipinski definition) is 5. The first-order valence-corrected chi connectivity index (χ1v) is 6.73. The van der Waals surface area contributed by atoms with Gasteiger partial charge in [0, 0.05) is 18.8 Å². The maximum atomic E-state index is 11.2. The van der Waals surface area contributed by atoms with Crippen LogP contribution in [0.4, 0.5) is 11.4 Å². The molecule has 0 aliphatic rings. The van der Waals surface area contributed by atoms with Gasteiger partial charge in [-0.1, -0.05) is 0 Å². The smallest absolute Gasteiger partial charge is 0.240 e. The summed E-state index contributed by atoms with van der Waals surface area (Å²) in [6.07, 6.45) is 0. The van der Waals surface area contributed by atoms with Gasteiger partial charge in [-0.2, -0.15) is 0 Å². The minimum Gasteiger partial charge on any atom is -0.398 e. The number of benzene rings is 1. The summed E-state index contributed by atoms with van der Waals surface area (Å²) in [5, 5.41) is 13.9. The van der Waals surface area contributed by atoms with E-state index in [9.17, 15) is 8.42 Å². The lowest BCUT2D eigenvalue weighted by Gasteiger charge is -2.22. The topological polar surface area (TPSA) is 110 Å². The molecule has 1 rings (SSSR count). The van der Waals surface area contributed by atoms with Crippen molar-refractivity contribution in [2.45, 2.75) is 11.8 Å². The summed E-state index contributed by atoms with van der Waals surface area (Å²) in [6.45, 7) is 3.10. The maximum absolute atomic E-state index is 11.2. The molecule has 6 nitrogen and oxygen atoms in total. The van der Waals surface area contributed by atoms with Crippen LogP contribution in [0, 0.1) is 0 Å². The number of aliphatic hydroxyl groups is 1. The summed E-state index contributed by atoms with van der Waals surface area (Å²) in [5.41, 5.74) is 6.52. The Labute approximate surface area is 101 Å². The SMILES string of the molecule is CCN(CCO)c1ccc(S(N)(=O)=O)c(N)c1. The molecule has 0 aliphatic carbocycles. The number of nitrogens with two attached hydrogens (primary N) is 2. The molecule has 0 atom stereocenters. The Morgan fingerprint density at radius 1 is 1.41 bits per heavy atom. The molecule has 96 valence electrons. The molecule has 0 heterocycles. The first kappa shape index (κ1) is 13.8. The van der Waals surface area contributed by atoms with Gasteiger partial charge in [0.2, 0.25) is 10.0 Å². The van der Waals surface area contributed by atoms with Crippen LogP contribution in [0.2, 0.25) is 0 Å². The Hall–Kier alpha value is -1.31. The third-order valence-electron chi connectivity index (χ3n) is 2.42. The Morgan fingerprint density at radius 3 is 2.47 bits per heavy atom. The van der Waals surface area contributed by atoms with Crippen molar-refractivity contribution in [2.75, 3.05) is 30.3 Å². The van der Waals surface area contributed by atoms with E-state index < -0.39 is 10.0 Å². The molecule has 17 heavy (non-hydrogen) atoms. The quantitative estimate of drug-likeness (QED) is 0.631. The van der Waals surface area contributed by atoms with Crippen LogP contribution in [0.1, 0.15) is 6.92 Å². The minimum absolute atomic E-state index is 0.0185. The number of nitrogen functional groups attached to an aromatic ring is 1. The van der Waals surface area contributed by atoms with Gasteiger partial charge in [-0.3, -0.25) is 0 Å². The largest absolute Gasteiger partial charge is 0.398 e. The second kappa shape index (κ2) is 5.35. The zero-order chi connectivity index (χ0) is 13.1. The van der Waals surface area contributed by atoms with E-state index in [0.29, 0.717) is 13.1 Å². The molecule has 0 spiro atoms. The van der Waals surface area contributed by atoms with E-state index in [0.717, 1.165) is 5.69 Å². The average molecular weight is 259 g/mol. The van der Waals surface area contributed by atoms with Crippen LogP contribution in [0.15, 0.2) is 23.1 Å². The summed E-state index contributed by atoms with van der Waals surface area (Å²) in [5.74, 6) is 0. The molecule has 0 saturated carbocycles. The lowest BCUT2D eigenvalue weighted by Crippen LogP contribution is -2.26. The molecule has 7 heteroatoms. The van der Waals surface area contributed by atoms with Crippen molar-refractivity contribution in [1.29, 1.82) is 0 Å². The molecule has 0 bridgehead atoms. The van der Waals surface area contributed by atoms with Gasteiger partial charge in [-0.05, 0) is 25.1 Å². The fraction of sp³-hybridized carbons (Fsp3) is 0.400. The lowest BCUT2D eigenvalue weighted by atomic mass is 10.2. The fourth-order valence-electron chi connectivity index (χ4n) is 1.58. The highest BCUT2D eigenvalue weighted by Crippen LogP contribution is 2.23. The monoisotopic (exact) mass is 259 g/mol. The number of nitrogens with zero attached hydrogens (tertiary/aromatic N) is 1. The number of likely N-dealkylation sites (N-methyl/N-ethyl adjacent to an activating group) is 1. The van der Waals surface area contributed by atoms with Crippen molar-refractivity contribution in [2.24, 2.45) is 5.14 Å². The third-order valence-corrected chi connectivity index (χ3v) is 3.40. The van der Waals surface area contributed by atoms with Crippen LogP contribution >= 0.6 is 0 Å². The van der Waals surface area contributed by atoms with Gasteiger partial charge in [-0.25, -0.2) is 13.6 Å². The highest BCUT2D eigenvalue weighted by molar-refractivity contribution is 7.89. The van der Waals surface area contributed by atoms with E-state index in [2.05, 4.69) is 0 Å². The first-order valence-electron chi connectivity index (χ1n) is 5.18. The Kier molecular flexibility index (Phi) is 4.33. The van der Waals surface area contributed by atoms with Gasteiger partial charge < -0.3 is 15.7 Å². The van der Waals surface area contributed by atoms with Gasteiger partial charge in [-0.15, -0.1) is 0 Å². The molecule has 1 aromatic carbocycles. The van der Waals surface area contributed by atoms with Gasteiger partial charge in [0.1, 0.15) is 4.90 Å². The summed E-state index contributed by atoms with van der Waals surface area (Å²) in [4.78, 5) is 1.80. The highest BCUT2D eigenvalue weighted by atomic mass is 32.2. The molecule has 5 N–H and O–H groups in total. The molecule has 0 aliphatic heterocycles. The number of rotatable bonds is 5. The van der Waals surface area contributed by atoms with E-state index in [1.165, 1.54) is 6.07 Å². The van der Waals surface area contributed by atoms with E-state index in [4.69, 9.17) is 16.0 Å². The van der Waals surface area contributed by atoms with E-state index in [1.54, 1.807) is 12.1 Å². The molecule has 0 unspecified atom stereocenters. The van der Waals surface area contributed by atoms with E-state index in [1.807, 2.05) is 11.8 Å². The van der Waals surface area contributed by atoms with Crippen LogP contribution in [-0.4, -0.2) is 33.2 Å². The summed E-state index contributed by atoms with van der Waals surface area (Å²) >= 11 is 0. The van der Waals surface area contributed by atoms with Crippen LogP contribution < -0.4 is 15.8 Å². The fourth-order valence-corrected chi connectivity index (χ4v) is 2.23. The molecule has 1 aromatic rings. The Morgan fingerprint density at radius 2 is 2.06 bits per heavy atom. The number of primary sulfonamides is 1. The predicted octanol–water partition coefficient (Wildman–Crippen LogP) is -0.265. The molecule has 0 radical (unpaired) electrons. The van der Waals surface area contributed by atoms with Crippen molar-refractivity contribution >= 4 is 21.4 Å². The first-order chi connectivity index (χ1) is 7.90. The van der Waals surface area contributed by atoms with Gasteiger partial charge >= 0.3 is 0 Å². The van der Waals surface area contributed by atoms with E-state index in [-0.39, 0.29) is 17.2 Å². The van der Waals surface area contributed by atoms with Gasteiger partial charge in [0.25, 0.3) is 0 Å².